The minimum atomic E-state index is -0.254. The molecule has 1 aromatic carbocycles. The fraction of sp³-hybridized carbons (Fsp3) is 0.278. The molecule has 5 nitrogen and oxygen atoms in total. The van der Waals surface area contributed by atoms with E-state index in [0.717, 1.165) is 5.56 Å². The van der Waals surface area contributed by atoms with Gasteiger partial charge in [-0.3, -0.25) is 9.59 Å². The van der Waals surface area contributed by atoms with Crippen molar-refractivity contribution in [3.05, 3.63) is 64.9 Å². The summed E-state index contributed by atoms with van der Waals surface area (Å²) in [7, 11) is 1.72. The maximum atomic E-state index is 12.3. The highest BCUT2D eigenvalue weighted by molar-refractivity contribution is 6.29. The summed E-state index contributed by atoms with van der Waals surface area (Å²) in [6.45, 7) is 2.26. The lowest BCUT2D eigenvalue weighted by Gasteiger charge is -2.20. The average molecular weight is 346 g/mol. The van der Waals surface area contributed by atoms with Crippen molar-refractivity contribution in [1.29, 1.82) is 0 Å². The SMILES string of the molecule is C[C@H](CC(=O)N(C)Cc1ccc(Cl)nc1)NC(=O)c1ccccc1. The van der Waals surface area contributed by atoms with Gasteiger partial charge in [0, 0.05) is 37.8 Å². The summed E-state index contributed by atoms with van der Waals surface area (Å²) in [5, 5.41) is 3.26. The Morgan fingerprint density at radius 3 is 2.54 bits per heavy atom. The Bertz CT molecular complexity index is 689. The molecule has 0 saturated heterocycles. The minimum absolute atomic E-state index is 0.0502. The molecule has 1 atom stereocenters. The van der Waals surface area contributed by atoms with E-state index < -0.39 is 0 Å². The largest absolute Gasteiger partial charge is 0.349 e. The Kier molecular flexibility index (Phi) is 6.32. The summed E-state index contributed by atoms with van der Waals surface area (Å²) >= 11 is 5.75. The highest BCUT2D eigenvalue weighted by Crippen LogP contribution is 2.09. The van der Waals surface area contributed by atoms with Gasteiger partial charge in [-0.2, -0.15) is 0 Å². The van der Waals surface area contributed by atoms with Crippen LogP contribution < -0.4 is 5.32 Å². The summed E-state index contributed by atoms with van der Waals surface area (Å²) in [5.74, 6) is -0.230. The number of aromatic nitrogens is 1. The number of carbonyl (C=O) groups is 2. The molecule has 0 spiro atoms. The lowest BCUT2D eigenvalue weighted by molar-refractivity contribution is -0.130. The van der Waals surface area contributed by atoms with E-state index in [0.29, 0.717) is 17.3 Å². The van der Waals surface area contributed by atoms with Gasteiger partial charge in [-0.15, -0.1) is 0 Å². The number of carbonyl (C=O) groups excluding carboxylic acids is 2. The number of hydrogen-bond donors (Lipinski definition) is 1. The number of pyridine rings is 1. The van der Waals surface area contributed by atoms with Crippen LogP contribution in [0, 0.1) is 0 Å². The van der Waals surface area contributed by atoms with Crippen LogP contribution in [0.1, 0.15) is 29.3 Å². The summed E-state index contributed by atoms with van der Waals surface area (Å²) in [5.41, 5.74) is 1.48. The number of amides is 2. The van der Waals surface area contributed by atoms with E-state index in [9.17, 15) is 9.59 Å². The predicted molar refractivity (Wildman–Crippen MR) is 93.7 cm³/mol. The zero-order valence-corrected chi connectivity index (χ0v) is 14.5. The van der Waals surface area contributed by atoms with Gasteiger partial charge in [0.15, 0.2) is 0 Å². The monoisotopic (exact) mass is 345 g/mol. The van der Waals surface area contributed by atoms with E-state index in [4.69, 9.17) is 11.6 Å². The molecular formula is C18H20ClN3O2. The quantitative estimate of drug-likeness (QED) is 0.819. The molecule has 0 bridgehead atoms. The van der Waals surface area contributed by atoms with Gasteiger partial charge in [0.05, 0.1) is 0 Å². The van der Waals surface area contributed by atoms with Crippen LogP contribution in [-0.2, 0) is 11.3 Å². The van der Waals surface area contributed by atoms with Crippen molar-refractivity contribution in [2.24, 2.45) is 0 Å². The van der Waals surface area contributed by atoms with Crippen LogP contribution in [0.2, 0.25) is 5.15 Å². The molecule has 0 saturated carbocycles. The Labute approximate surface area is 146 Å². The fourth-order valence-corrected chi connectivity index (χ4v) is 2.34. The second-order valence-electron chi connectivity index (χ2n) is 5.68. The van der Waals surface area contributed by atoms with Gasteiger partial charge in [-0.25, -0.2) is 4.98 Å². The van der Waals surface area contributed by atoms with Crippen molar-refractivity contribution >= 4 is 23.4 Å². The molecule has 126 valence electrons. The zero-order valence-electron chi connectivity index (χ0n) is 13.7. The van der Waals surface area contributed by atoms with E-state index in [2.05, 4.69) is 10.3 Å². The molecule has 1 heterocycles. The van der Waals surface area contributed by atoms with Crippen molar-refractivity contribution in [2.45, 2.75) is 25.9 Å². The van der Waals surface area contributed by atoms with Crippen LogP contribution in [0.3, 0.4) is 0 Å². The highest BCUT2D eigenvalue weighted by atomic mass is 35.5. The molecule has 1 N–H and O–H groups in total. The minimum Gasteiger partial charge on any atom is -0.349 e. The Hall–Kier alpha value is -2.40. The van der Waals surface area contributed by atoms with Gasteiger partial charge in [0.2, 0.25) is 5.91 Å². The van der Waals surface area contributed by atoms with E-state index in [1.807, 2.05) is 19.1 Å². The second kappa shape index (κ2) is 8.45. The number of benzene rings is 1. The van der Waals surface area contributed by atoms with Crippen molar-refractivity contribution in [1.82, 2.24) is 15.2 Å². The molecule has 0 aliphatic heterocycles. The third kappa shape index (κ3) is 5.35. The zero-order chi connectivity index (χ0) is 17.5. The van der Waals surface area contributed by atoms with Crippen LogP contribution in [0.15, 0.2) is 48.7 Å². The number of nitrogens with zero attached hydrogens (tertiary/aromatic N) is 2. The van der Waals surface area contributed by atoms with Crippen LogP contribution in [0.5, 0.6) is 0 Å². The van der Waals surface area contributed by atoms with Crippen LogP contribution in [0.25, 0.3) is 0 Å². The molecule has 2 amide bonds. The van der Waals surface area contributed by atoms with Gasteiger partial charge < -0.3 is 10.2 Å². The summed E-state index contributed by atoms with van der Waals surface area (Å²) in [4.78, 5) is 29.9. The smallest absolute Gasteiger partial charge is 0.251 e. The van der Waals surface area contributed by atoms with Crippen LogP contribution in [0.4, 0.5) is 0 Å². The molecule has 2 rings (SSSR count). The number of hydrogen-bond acceptors (Lipinski definition) is 3. The molecule has 2 aromatic rings. The molecule has 0 unspecified atom stereocenters. The standard InChI is InChI=1S/C18H20ClN3O2/c1-13(21-18(24)15-6-4-3-5-7-15)10-17(23)22(2)12-14-8-9-16(19)20-11-14/h3-9,11,13H,10,12H2,1-2H3,(H,21,24)/t13-/m1/s1. The highest BCUT2D eigenvalue weighted by Gasteiger charge is 2.16. The first kappa shape index (κ1) is 17.9. The molecular weight excluding hydrogens is 326 g/mol. The van der Waals surface area contributed by atoms with Gasteiger partial charge in [-0.05, 0) is 30.7 Å². The Morgan fingerprint density at radius 2 is 1.92 bits per heavy atom. The molecule has 1 aromatic heterocycles. The van der Waals surface area contributed by atoms with Gasteiger partial charge in [0.25, 0.3) is 5.91 Å². The third-order valence-corrected chi connectivity index (χ3v) is 3.75. The first-order chi connectivity index (χ1) is 11.5. The maximum Gasteiger partial charge on any atom is 0.251 e. The normalized spacial score (nSPS) is 11.6. The van der Waals surface area contributed by atoms with Gasteiger partial charge in [0.1, 0.15) is 5.15 Å². The maximum absolute atomic E-state index is 12.3. The second-order valence-corrected chi connectivity index (χ2v) is 6.07. The van der Waals surface area contributed by atoms with E-state index in [-0.39, 0.29) is 24.3 Å². The van der Waals surface area contributed by atoms with Crippen LogP contribution in [-0.4, -0.2) is 34.8 Å². The molecule has 0 radical (unpaired) electrons. The Morgan fingerprint density at radius 1 is 1.21 bits per heavy atom. The average Bonchev–Trinajstić information content (AvgIpc) is 2.57. The van der Waals surface area contributed by atoms with Gasteiger partial charge >= 0.3 is 0 Å². The van der Waals surface area contributed by atoms with E-state index in [1.54, 1.807) is 48.5 Å². The predicted octanol–water partition coefficient (Wildman–Crippen LogP) is 2.90. The van der Waals surface area contributed by atoms with Crippen LogP contribution >= 0.6 is 11.6 Å². The lowest BCUT2D eigenvalue weighted by Crippen LogP contribution is -2.37. The van der Waals surface area contributed by atoms with E-state index >= 15 is 0 Å². The summed E-state index contributed by atoms with van der Waals surface area (Å²) in [6, 6.07) is 12.2. The van der Waals surface area contributed by atoms with E-state index in [1.165, 1.54) is 0 Å². The number of halogens is 1. The summed E-state index contributed by atoms with van der Waals surface area (Å²) < 4.78 is 0. The first-order valence-electron chi connectivity index (χ1n) is 7.66. The van der Waals surface area contributed by atoms with Gasteiger partial charge in [-0.1, -0.05) is 35.9 Å². The van der Waals surface area contributed by atoms with Crippen molar-refractivity contribution < 1.29 is 9.59 Å². The molecule has 0 fully saturated rings. The number of nitrogens with one attached hydrogen (secondary N) is 1. The molecule has 24 heavy (non-hydrogen) atoms. The van der Waals surface area contributed by atoms with Crippen molar-refractivity contribution in [2.75, 3.05) is 7.05 Å². The Balaban J connectivity index is 1.84. The molecule has 0 aliphatic rings. The molecule has 6 heteroatoms. The van der Waals surface area contributed by atoms with Crippen molar-refractivity contribution in [3.63, 3.8) is 0 Å². The topological polar surface area (TPSA) is 62.3 Å². The number of rotatable bonds is 6. The lowest BCUT2D eigenvalue weighted by atomic mass is 10.1. The first-order valence-corrected chi connectivity index (χ1v) is 8.04. The fourth-order valence-electron chi connectivity index (χ4n) is 2.23. The molecule has 0 aliphatic carbocycles. The third-order valence-electron chi connectivity index (χ3n) is 3.53. The summed E-state index contributed by atoms with van der Waals surface area (Å²) in [6.07, 6.45) is 1.88. The van der Waals surface area contributed by atoms with Crippen molar-refractivity contribution in [3.8, 4) is 0 Å².